The number of rotatable bonds is 6. The van der Waals surface area contributed by atoms with Crippen LogP contribution in [0.25, 0.3) is 0 Å². The lowest BCUT2D eigenvalue weighted by Crippen LogP contribution is -2.07. The number of Topliss-reactive ketones (excluding diaryl/α,β-unsaturated/α-hetero) is 1. The molecule has 0 aliphatic heterocycles. The number of pyridine rings is 1. The van der Waals surface area contributed by atoms with Gasteiger partial charge in [-0.15, -0.1) is 0 Å². The van der Waals surface area contributed by atoms with E-state index in [4.69, 9.17) is 11.5 Å². The van der Waals surface area contributed by atoms with Crippen LogP contribution < -0.4 is 11.5 Å². The molecule has 4 heteroatoms. The fourth-order valence-electron chi connectivity index (χ4n) is 1.37. The summed E-state index contributed by atoms with van der Waals surface area (Å²) in [5.41, 5.74) is 11.8. The molecule has 1 rings (SSSR count). The van der Waals surface area contributed by atoms with Crippen LogP contribution in [0.2, 0.25) is 0 Å². The van der Waals surface area contributed by atoms with Crippen LogP contribution in [0.3, 0.4) is 0 Å². The average Bonchev–Trinajstić information content (AvgIpc) is 2.22. The summed E-state index contributed by atoms with van der Waals surface area (Å²) in [5, 5.41) is 0. The standard InChI is InChI=1S/C11H17N3O/c12-6-2-1-5-10(15)8-9-4-3-7-14-11(9)13/h3-4,7H,1-2,5-6,8,12H2,(H2,13,14). The van der Waals surface area contributed by atoms with Crippen molar-refractivity contribution < 1.29 is 4.79 Å². The van der Waals surface area contributed by atoms with Crippen molar-refractivity contribution in [3.8, 4) is 0 Å². The van der Waals surface area contributed by atoms with Crippen LogP contribution in [0.1, 0.15) is 24.8 Å². The minimum absolute atomic E-state index is 0.197. The van der Waals surface area contributed by atoms with Gasteiger partial charge in [0, 0.05) is 24.6 Å². The summed E-state index contributed by atoms with van der Waals surface area (Å²) in [6, 6.07) is 3.63. The fourth-order valence-corrected chi connectivity index (χ4v) is 1.37. The van der Waals surface area contributed by atoms with Crippen molar-refractivity contribution in [2.75, 3.05) is 12.3 Å². The Morgan fingerprint density at radius 2 is 2.20 bits per heavy atom. The zero-order valence-electron chi connectivity index (χ0n) is 8.78. The van der Waals surface area contributed by atoms with Crippen LogP contribution in [0.5, 0.6) is 0 Å². The summed E-state index contributed by atoms with van der Waals surface area (Å²) in [5.74, 6) is 0.646. The maximum Gasteiger partial charge on any atom is 0.137 e. The molecule has 1 aromatic heterocycles. The van der Waals surface area contributed by atoms with Crippen molar-refractivity contribution >= 4 is 11.6 Å². The van der Waals surface area contributed by atoms with Gasteiger partial charge < -0.3 is 11.5 Å². The summed E-state index contributed by atoms with van der Waals surface area (Å²) in [7, 11) is 0. The van der Waals surface area contributed by atoms with E-state index in [2.05, 4.69) is 4.98 Å². The first-order valence-corrected chi connectivity index (χ1v) is 5.15. The molecular weight excluding hydrogens is 190 g/mol. The number of hydrogen-bond donors (Lipinski definition) is 2. The molecule has 0 aliphatic rings. The smallest absolute Gasteiger partial charge is 0.137 e. The van der Waals surface area contributed by atoms with Crippen LogP contribution in [-0.4, -0.2) is 17.3 Å². The predicted molar refractivity (Wildman–Crippen MR) is 60.3 cm³/mol. The molecule has 1 heterocycles. The molecule has 0 saturated heterocycles. The van der Waals surface area contributed by atoms with Crippen molar-refractivity contribution in [2.45, 2.75) is 25.7 Å². The minimum atomic E-state index is 0.197. The lowest BCUT2D eigenvalue weighted by atomic mass is 10.1. The number of carbonyl (C=O) groups excluding carboxylic acids is 1. The largest absolute Gasteiger partial charge is 0.383 e. The van der Waals surface area contributed by atoms with Crippen LogP contribution in [-0.2, 0) is 11.2 Å². The van der Waals surface area contributed by atoms with Gasteiger partial charge in [-0.05, 0) is 25.5 Å². The molecule has 15 heavy (non-hydrogen) atoms. The molecule has 0 fully saturated rings. The minimum Gasteiger partial charge on any atom is -0.383 e. The third kappa shape index (κ3) is 4.08. The third-order valence-corrected chi connectivity index (χ3v) is 2.22. The Labute approximate surface area is 89.7 Å². The Kier molecular flexibility index (Phi) is 4.77. The maximum absolute atomic E-state index is 11.5. The van der Waals surface area contributed by atoms with Crippen molar-refractivity contribution in [1.29, 1.82) is 0 Å². The number of aromatic nitrogens is 1. The molecule has 0 bridgehead atoms. The Morgan fingerprint density at radius 3 is 2.87 bits per heavy atom. The van der Waals surface area contributed by atoms with E-state index in [1.165, 1.54) is 0 Å². The molecule has 1 aromatic rings. The SMILES string of the molecule is NCCCCC(=O)Cc1cccnc1N. The molecule has 4 nitrogen and oxygen atoms in total. The summed E-state index contributed by atoms with van der Waals surface area (Å²) in [6.07, 6.45) is 4.33. The van der Waals surface area contributed by atoms with Crippen LogP contribution in [0.4, 0.5) is 5.82 Å². The van der Waals surface area contributed by atoms with Crippen molar-refractivity contribution in [1.82, 2.24) is 4.98 Å². The first-order chi connectivity index (χ1) is 7.24. The molecule has 82 valence electrons. The van der Waals surface area contributed by atoms with E-state index < -0.39 is 0 Å². The van der Waals surface area contributed by atoms with Gasteiger partial charge in [-0.3, -0.25) is 4.79 Å². The van der Waals surface area contributed by atoms with E-state index in [1.54, 1.807) is 12.3 Å². The molecule has 0 amide bonds. The van der Waals surface area contributed by atoms with Gasteiger partial charge in [0.1, 0.15) is 11.6 Å². The fraction of sp³-hybridized carbons (Fsp3) is 0.455. The van der Waals surface area contributed by atoms with Gasteiger partial charge in [0.25, 0.3) is 0 Å². The number of unbranched alkanes of at least 4 members (excludes halogenated alkanes) is 1. The summed E-state index contributed by atoms with van der Waals surface area (Å²) < 4.78 is 0. The third-order valence-electron chi connectivity index (χ3n) is 2.22. The van der Waals surface area contributed by atoms with Crippen molar-refractivity contribution in [3.05, 3.63) is 23.9 Å². The predicted octanol–water partition coefficient (Wildman–Crippen LogP) is 0.904. The van der Waals surface area contributed by atoms with E-state index in [0.717, 1.165) is 18.4 Å². The monoisotopic (exact) mass is 207 g/mol. The van der Waals surface area contributed by atoms with Gasteiger partial charge in [0.2, 0.25) is 0 Å². The van der Waals surface area contributed by atoms with Gasteiger partial charge in [0.15, 0.2) is 0 Å². The van der Waals surface area contributed by atoms with E-state index in [9.17, 15) is 4.79 Å². The lowest BCUT2D eigenvalue weighted by molar-refractivity contribution is -0.118. The Morgan fingerprint density at radius 1 is 1.40 bits per heavy atom. The maximum atomic E-state index is 11.5. The number of nitrogens with zero attached hydrogens (tertiary/aromatic N) is 1. The lowest BCUT2D eigenvalue weighted by Gasteiger charge is -2.03. The Balaban J connectivity index is 2.41. The first-order valence-electron chi connectivity index (χ1n) is 5.15. The first kappa shape index (κ1) is 11.7. The number of anilines is 1. The van der Waals surface area contributed by atoms with E-state index in [-0.39, 0.29) is 5.78 Å². The van der Waals surface area contributed by atoms with E-state index in [1.807, 2.05) is 6.07 Å². The molecular formula is C11H17N3O. The number of nitrogen functional groups attached to an aromatic ring is 1. The normalized spacial score (nSPS) is 10.2. The average molecular weight is 207 g/mol. The molecule has 0 aliphatic carbocycles. The van der Waals surface area contributed by atoms with Gasteiger partial charge in [-0.1, -0.05) is 6.07 Å². The quantitative estimate of drug-likeness (QED) is 0.679. The van der Waals surface area contributed by atoms with Crippen LogP contribution >= 0.6 is 0 Å². The zero-order valence-corrected chi connectivity index (χ0v) is 8.78. The number of ketones is 1. The molecule has 0 unspecified atom stereocenters. The van der Waals surface area contributed by atoms with E-state index in [0.29, 0.717) is 25.2 Å². The zero-order chi connectivity index (χ0) is 11.1. The molecule has 0 atom stereocenters. The second-order valence-electron chi connectivity index (χ2n) is 3.51. The van der Waals surface area contributed by atoms with Gasteiger partial charge >= 0.3 is 0 Å². The second kappa shape index (κ2) is 6.14. The summed E-state index contributed by atoms with van der Waals surface area (Å²) >= 11 is 0. The van der Waals surface area contributed by atoms with Crippen molar-refractivity contribution in [3.63, 3.8) is 0 Å². The number of carbonyl (C=O) groups is 1. The van der Waals surface area contributed by atoms with Gasteiger partial charge in [-0.25, -0.2) is 4.98 Å². The second-order valence-corrected chi connectivity index (χ2v) is 3.51. The molecule has 0 radical (unpaired) electrons. The highest BCUT2D eigenvalue weighted by Gasteiger charge is 2.06. The van der Waals surface area contributed by atoms with Gasteiger partial charge in [0.05, 0.1) is 0 Å². The number of hydrogen-bond acceptors (Lipinski definition) is 4. The molecule has 4 N–H and O–H groups in total. The topological polar surface area (TPSA) is 82.0 Å². The Hall–Kier alpha value is -1.42. The highest BCUT2D eigenvalue weighted by Crippen LogP contribution is 2.09. The molecule has 0 aromatic carbocycles. The highest BCUT2D eigenvalue weighted by atomic mass is 16.1. The Bertz CT molecular complexity index is 325. The summed E-state index contributed by atoms with van der Waals surface area (Å²) in [4.78, 5) is 15.4. The van der Waals surface area contributed by atoms with Crippen LogP contribution in [0.15, 0.2) is 18.3 Å². The highest BCUT2D eigenvalue weighted by molar-refractivity contribution is 5.81. The summed E-state index contributed by atoms with van der Waals surface area (Å²) in [6.45, 7) is 0.641. The molecule has 0 spiro atoms. The van der Waals surface area contributed by atoms with Gasteiger partial charge in [-0.2, -0.15) is 0 Å². The number of nitrogens with two attached hydrogens (primary N) is 2. The van der Waals surface area contributed by atoms with E-state index >= 15 is 0 Å². The van der Waals surface area contributed by atoms with Crippen molar-refractivity contribution in [2.24, 2.45) is 5.73 Å². The van der Waals surface area contributed by atoms with Crippen LogP contribution in [0, 0.1) is 0 Å². The molecule has 0 saturated carbocycles.